The van der Waals surface area contributed by atoms with E-state index in [-0.39, 0.29) is 11.6 Å². The molecule has 20 heavy (non-hydrogen) atoms. The Morgan fingerprint density at radius 2 is 2.05 bits per heavy atom. The third-order valence-corrected chi connectivity index (χ3v) is 3.11. The molecule has 2 heterocycles. The molecule has 106 valence electrons. The van der Waals surface area contributed by atoms with E-state index in [0.717, 1.165) is 11.3 Å². The highest BCUT2D eigenvalue weighted by atomic mass is 16.5. The summed E-state index contributed by atoms with van der Waals surface area (Å²) in [5, 5.41) is 3.37. The Hall–Kier alpha value is -2.14. The maximum atomic E-state index is 11.7. The molecule has 0 saturated heterocycles. The number of hydrogen-bond donors (Lipinski definition) is 1. The molecule has 0 saturated carbocycles. The SMILES string of the molecule is COCCn1cc(NC(C)c2ccncc2)ccc1=O. The standard InChI is InChI=1S/C15H19N3O2/c1-12(13-5-7-16-8-6-13)17-14-3-4-15(19)18(11-14)9-10-20-2/h3-8,11-12,17H,9-10H2,1-2H3. The van der Waals surface area contributed by atoms with Crippen molar-refractivity contribution in [2.45, 2.75) is 19.5 Å². The van der Waals surface area contributed by atoms with E-state index in [9.17, 15) is 4.79 Å². The molecule has 0 amide bonds. The zero-order valence-corrected chi connectivity index (χ0v) is 11.7. The van der Waals surface area contributed by atoms with Crippen LogP contribution in [-0.2, 0) is 11.3 Å². The van der Waals surface area contributed by atoms with Crippen molar-refractivity contribution in [2.75, 3.05) is 19.0 Å². The summed E-state index contributed by atoms with van der Waals surface area (Å²) in [7, 11) is 1.62. The predicted octanol–water partition coefficient (Wildman–Crippen LogP) is 2.06. The summed E-state index contributed by atoms with van der Waals surface area (Å²) in [6.45, 7) is 3.14. The molecule has 0 aliphatic heterocycles. The normalized spacial score (nSPS) is 12.1. The van der Waals surface area contributed by atoms with Crippen LogP contribution in [0.5, 0.6) is 0 Å². The smallest absolute Gasteiger partial charge is 0.250 e. The quantitative estimate of drug-likeness (QED) is 0.875. The summed E-state index contributed by atoms with van der Waals surface area (Å²) in [6.07, 6.45) is 5.36. The number of aromatic nitrogens is 2. The van der Waals surface area contributed by atoms with Crippen LogP contribution >= 0.6 is 0 Å². The summed E-state index contributed by atoms with van der Waals surface area (Å²) >= 11 is 0. The van der Waals surface area contributed by atoms with E-state index in [1.807, 2.05) is 18.3 Å². The van der Waals surface area contributed by atoms with Crippen LogP contribution in [0.15, 0.2) is 47.7 Å². The lowest BCUT2D eigenvalue weighted by atomic mass is 10.1. The number of anilines is 1. The van der Waals surface area contributed by atoms with Gasteiger partial charge in [-0.25, -0.2) is 0 Å². The summed E-state index contributed by atoms with van der Waals surface area (Å²) in [5.41, 5.74) is 2.03. The van der Waals surface area contributed by atoms with Crippen LogP contribution in [0.4, 0.5) is 5.69 Å². The molecule has 5 nitrogen and oxygen atoms in total. The molecule has 5 heteroatoms. The number of nitrogens with zero attached hydrogens (tertiary/aromatic N) is 2. The minimum absolute atomic E-state index is 0.0239. The minimum atomic E-state index is -0.0239. The van der Waals surface area contributed by atoms with Gasteiger partial charge in [-0.15, -0.1) is 0 Å². The Balaban J connectivity index is 2.11. The number of hydrogen-bond acceptors (Lipinski definition) is 4. The number of methoxy groups -OCH3 is 1. The molecule has 2 aromatic heterocycles. The van der Waals surface area contributed by atoms with E-state index in [0.29, 0.717) is 13.2 Å². The third-order valence-electron chi connectivity index (χ3n) is 3.11. The second kappa shape index (κ2) is 6.86. The van der Waals surface area contributed by atoms with E-state index in [1.54, 1.807) is 36.2 Å². The molecule has 1 atom stereocenters. The Kier molecular flexibility index (Phi) is 4.90. The van der Waals surface area contributed by atoms with Crippen LogP contribution in [0.1, 0.15) is 18.5 Å². The van der Waals surface area contributed by atoms with Gasteiger partial charge in [0.1, 0.15) is 0 Å². The van der Waals surface area contributed by atoms with Gasteiger partial charge < -0.3 is 14.6 Å². The zero-order chi connectivity index (χ0) is 14.4. The topological polar surface area (TPSA) is 56.1 Å². The first kappa shape index (κ1) is 14.3. The van der Waals surface area contributed by atoms with Crippen molar-refractivity contribution >= 4 is 5.69 Å². The first-order valence-corrected chi connectivity index (χ1v) is 6.56. The average Bonchev–Trinajstić information content (AvgIpc) is 2.48. The molecule has 0 radical (unpaired) electrons. The molecule has 1 N–H and O–H groups in total. The first-order chi connectivity index (χ1) is 9.70. The minimum Gasteiger partial charge on any atom is -0.383 e. The van der Waals surface area contributed by atoms with Crippen LogP contribution in [0.25, 0.3) is 0 Å². The fraction of sp³-hybridized carbons (Fsp3) is 0.333. The first-order valence-electron chi connectivity index (χ1n) is 6.56. The summed E-state index contributed by atoms with van der Waals surface area (Å²) in [5.74, 6) is 0. The number of pyridine rings is 2. The fourth-order valence-electron chi connectivity index (χ4n) is 1.97. The van der Waals surface area contributed by atoms with Crippen molar-refractivity contribution in [3.05, 3.63) is 58.8 Å². The third kappa shape index (κ3) is 3.68. The largest absolute Gasteiger partial charge is 0.383 e. The van der Waals surface area contributed by atoms with Crippen molar-refractivity contribution in [1.29, 1.82) is 0 Å². The zero-order valence-electron chi connectivity index (χ0n) is 11.7. The van der Waals surface area contributed by atoms with Gasteiger partial charge in [0, 0.05) is 44.4 Å². The lowest BCUT2D eigenvalue weighted by Gasteiger charge is -2.16. The molecule has 0 spiro atoms. The highest BCUT2D eigenvalue weighted by molar-refractivity contribution is 5.42. The number of rotatable bonds is 6. The van der Waals surface area contributed by atoms with E-state index < -0.39 is 0 Å². The molecule has 0 aliphatic rings. The second-order valence-electron chi connectivity index (χ2n) is 4.59. The van der Waals surface area contributed by atoms with Gasteiger partial charge in [0.05, 0.1) is 12.3 Å². The average molecular weight is 273 g/mol. The number of ether oxygens (including phenoxy) is 1. The van der Waals surface area contributed by atoms with Gasteiger partial charge in [-0.3, -0.25) is 9.78 Å². The van der Waals surface area contributed by atoms with Crippen molar-refractivity contribution in [2.24, 2.45) is 0 Å². The van der Waals surface area contributed by atoms with Gasteiger partial charge in [-0.05, 0) is 30.7 Å². The van der Waals surface area contributed by atoms with E-state index in [2.05, 4.69) is 17.2 Å². The van der Waals surface area contributed by atoms with Crippen LogP contribution in [0.2, 0.25) is 0 Å². The molecule has 2 rings (SSSR count). The van der Waals surface area contributed by atoms with Crippen LogP contribution in [0, 0.1) is 0 Å². The molecule has 0 aliphatic carbocycles. The predicted molar refractivity (Wildman–Crippen MR) is 78.9 cm³/mol. The van der Waals surface area contributed by atoms with E-state index >= 15 is 0 Å². The molecular formula is C15H19N3O2. The van der Waals surface area contributed by atoms with Crippen LogP contribution < -0.4 is 10.9 Å². The molecule has 1 unspecified atom stereocenters. The summed E-state index contributed by atoms with van der Waals surface area (Å²) < 4.78 is 6.65. The molecule has 2 aromatic rings. The van der Waals surface area contributed by atoms with Crippen LogP contribution in [-0.4, -0.2) is 23.3 Å². The van der Waals surface area contributed by atoms with Crippen molar-refractivity contribution in [3.8, 4) is 0 Å². The summed E-state index contributed by atoms with van der Waals surface area (Å²) in [4.78, 5) is 15.7. The van der Waals surface area contributed by atoms with Crippen molar-refractivity contribution < 1.29 is 4.74 Å². The molecule has 0 fully saturated rings. The van der Waals surface area contributed by atoms with Crippen LogP contribution in [0.3, 0.4) is 0 Å². The lowest BCUT2D eigenvalue weighted by Crippen LogP contribution is -2.21. The fourth-order valence-corrected chi connectivity index (χ4v) is 1.97. The number of nitrogens with one attached hydrogen (secondary N) is 1. The van der Waals surface area contributed by atoms with Crippen molar-refractivity contribution in [3.63, 3.8) is 0 Å². The maximum Gasteiger partial charge on any atom is 0.250 e. The Labute approximate surface area is 118 Å². The van der Waals surface area contributed by atoms with Crippen molar-refractivity contribution in [1.82, 2.24) is 9.55 Å². The van der Waals surface area contributed by atoms with Gasteiger partial charge >= 0.3 is 0 Å². The maximum absolute atomic E-state index is 11.7. The Bertz CT molecular complexity index is 596. The highest BCUT2D eigenvalue weighted by Crippen LogP contribution is 2.17. The van der Waals surface area contributed by atoms with Gasteiger partial charge in [-0.1, -0.05) is 0 Å². The highest BCUT2D eigenvalue weighted by Gasteiger charge is 2.06. The Morgan fingerprint density at radius 3 is 2.75 bits per heavy atom. The van der Waals surface area contributed by atoms with E-state index in [1.165, 1.54) is 0 Å². The lowest BCUT2D eigenvalue weighted by molar-refractivity contribution is 0.186. The van der Waals surface area contributed by atoms with Gasteiger partial charge in [-0.2, -0.15) is 0 Å². The summed E-state index contributed by atoms with van der Waals surface area (Å²) in [6, 6.07) is 7.45. The van der Waals surface area contributed by atoms with Gasteiger partial charge in [0.15, 0.2) is 0 Å². The van der Waals surface area contributed by atoms with E-state index in [4.69, 9.17) is 4.74 Å². The molecular weight excluding hydrogens is 254 g/mol. The monoisotopic (exact) mass is 273 g/mol. The Morgan fingerprint density at radius 1 is 1.30 bits per heavy atom. The molecule has 0 bridgehead atoms. The van der Waals surface area contributed by atoms with Gasteiger partial charge in [0.25, 0.3) is 5.56 Å². The second-order valence-corrected chi connectivity index (χ2v) is 4.59. The van der Waals surface area contributed by atoms with Gasteiger partial charge in [0.2, 0.25) is 0 Å². The molecule has 0 aromatic carbocycles.